The summed E-state index contributed by atoms with van der Waals surface area (Å²) in [5.74, 6) is -1.23. The van der Waals surface area contributed by atoms with Gasteiger partial charge in [0.1, 0.15) is 0 Å². The normalized spacial score (nSPS) is 19.7. The summed E-state index contributed by atoms with van der Waals surface area (Å²) in [5.41, 5.74) is 0.742. The fraction of sp³-hybridized carbons (Fsp3) is 0.429. The Hall–Kier alpha value is -2.09. The average molecular weight is 327 g/mol. The van der Waals surface area contributed by atoms with Crippen LogP contribution in [0.2, 0.25) is 0 Å². The van der Waals surface area contributed by atoms with Gasteiger partial charge in [0, 0.05) is 6.54 Å². The van der Waals surface area contributed by atoms with Crippen LogP contribution in [-0.2, 0) is 24.3 Å². The molecule has 2 rings (SSSR count). The topological polar surface area (TPSA) is 90.0 Å². The Labute approximate surface area is 128 Å². The van der Waals surface area contributed by atoms with E-state index >= 15 is 0 Å². The molecule has 0 aromatic heterocycles. The molecule has 1 fully saturated rings. The first-order chi connectivity index (χ1) is 10.4. The number of rotatable bonds is 4. The van der Waals surface area contributed by atoms with Gasteiger partial charge in [0.25, 0.3) is 0 Å². The van der Waals surface area contributed by atoms with Gasteiger partial charge in [-0.25, -0.2) is 13.2 Å². The van der Waals surface area contributed by atoms with E-state index in [2.05, 4.69) is 4.74 Å². The van der Waals surface area contributed by atoms with Crippen molar-refractivity contribution < 1.29 is 27.5 Å². The minimum absolute atomic E-state index is 0.175. The summed E-state index contributed by atoms with van der Waals surface area (Å²) in [6, 6.07) is 6.02. The number of sulfonamides is 1. The van der Waals surface area contributed by atoms with E-state index in [9.17, 15) is 18.0 Å². The van der Waals surface area contributed by atoms with Crippen LogP contribution in [0.15, 0.2) is 24.3 Å². The molecule has 0 spiro atoms. The Balaban J connectivity index is 2.23. The lowest BCUT2D eigenvalue weighted by Crippen LogP contribution is -2.34. The summed E-state index contributed by atoms with van der Waals surface area (Å²) in [6.45, 7) is 2.17. The van der Waals surface area contributed by atoms with Crippen molar-refractivity contribution in [1.82, 2.24) is 0 Å². The van der Waals surface area contributed by atoms with Crippen LogP contribution in [0, 0.1) is 0 Å². The first-order valence-electron chi connectivity index (χ1n) is 6.78. The standard InChI is InChI=1S/C14H17NO6S/c1-3-21-13(16)10-4-6-11(7-5-10)15-9-8-12(14(17)20-2)22(15,18)19/h4-7,12H,3,8-9H2,1-2H3. The molecule has 7 nitrogen and oxygen atoms in total. The molecular formula is C14H17NO6S. The highest BCUT2D eigenvalue weighted by Crippen LogP contribution is 2.29. The molecule has 0 aliphatic carbocycles. The van der Waals surface area contributed by atoms with E-state index in [1.807, 2.05) is 0 Å². The van der Waals surface area contributed by atoms with E-state index in [0.717, 1.165) is 11.4 Å². The van der Waals surface area contributed by atoms with Gasteiger partial charge in [-0.05, 0) is 37.6 Å². The molecule has 1 saturated heterocycles. The van der Waals surface area contributed by atoms with E-state index in [4.69, 9.17) is 4.74 Å². The van der Waals surface area contributed by atoms with Gasteiger partial charge in [-0.15, -0.1) is 0 Å². The van der Waals surface area contributed by atoms with Crippen LogP contribution in [0.4, 0.5) is 5.69 Å². The number of hydrogen-bond acceptors (Lipinski definition) is 6. The smallest absolute Gasteiger partial charge is 0.338 e. The summed E-state index contributed by atoms with van der Waals surface area (Å²) in [6.07, 6.45) is 0.175. The van der Waals surface area contributed by atoms with Gasteiger partial charge in [0.05, 0.1) is 25.0 Å². The predicted octanol–water partition coefficient (Wildman–Crippen LogP) is 0.945. The lowest BCUT2D eigenvalue weighted by atomic mass is 10.2. The number of ether oxygens (including phenoxy) is 2. The van der Waals surface area contributed by atoms with Crippen LogP contribution >= 0.6 is 0 Å². The van der Waals surface area contributed by atoms with E-state index < -0.39 is 27.2 Å². The van der Waals surface area contributed by atoms with Gasteiger partial charge in [-0.1, -0.05) is 0 Å². The highest BCUT2D eigenvalue weighted by atomic mass is 32.2. The van der Waals surface area contributed by atoms with Crippen molar-refractivity contribution in [2.45, 2.75) is 18.6 Å². The Morgan fingerprint density at radius 2 is 1.91 bits per heavy atom. The largest absolute Gasteiger partial charge is 0.468 e. The third kappa shape index (κ3) is 2.92. The number of anilines is 1. The van der Waals surface area contributed by atoms with Gasteiger partial charge >= 0.3 is 11.9 Å². The van der Waals surface area contributed by atoms with Crippen molar-refractivity contribution in [3.05, 3.63) is 29.8 Å². The number of benzene rings is 1. The number of carbonyl (C=O) groups is 2. The fourth-order valence-electron chi connectivity index (χ4n) is 2.29. The van der Waals surface area contributed by atoms with Crippen molar-refractivity contribution in [3.8, 4) is 0 Å². The molecule has 0 amide bonds. The Bertz CT molecular complexity index is 667. The molecule has 22 heavy (non-hydrogen) atoms. The number of nitrogens with zero attached hydrogens (tertiary/aromatic N) is 1. The summed E-state index contributed by atoms with van der Waals surface area (Å²) >= 11 is 0. The van der Waals surface area contributed by atoms with Crippen molar-refractivity contribution in [2.24, 2.45) is 0 Å². The van der Waals surface area contributed by atoms with Crippen LogP contribution in [0.3, 0.4) is 0 Å². The number of methoxy groups -OCH3 is 1. The van der Waals surface area contributed by atoms with Crippen LogP contribution < -0.4 is 4.31 Å². The molecular weight excluding hydrogens is 310 g/mol. The summed E-state index contributed by atoms with van der Waals surface area (Å²) in [5, 5.41) is -1.18. The van der Waals surface area contributed by atoms with E-state index in [-0.39, 0.29) is 19.6 Å². The highest BCUT2D eigenvalue weighted by molar-refractivity contribution is 7.94. The molecule has 1 unspecified atom stereocenters. The Morgan fingerprint density at radius 1 is 1.27 bits per heavy atom. The molecule has 8 heteroatoms. The van der Waals surface area contributed by atoms with E-state index in [0.29, 0.717) is 11.3 Å². The maximum atomic E-state index is 12.3. The number of hydrogen-bond donors (Lipinski definition) is 0. The summed E-state index contributed by atoms with van der Waals surface area (Å²) in [4.78, 5) is 23.1. The van der Waals surface area contributed by atoms with E-state index in [1.165, 1.54) is 24.3 Å². The summed E-state index contributed by atoms with van der Waals surface area (Å²) < 4.78 is 35.2. The van der Waals surface area contributed by atoms with Crippen molar-refractivity contribution in [2.75, 3.05) is 24.6 Å². The van der Waals surface area contributed by atoms with Crippen LogP contribution in [-0.4, -0.2) is 45.9 Å². The summed E-state index contributed by atoms with van der Waals surface area (Å²) in [7, 11) is -2.63. The van der Waals surface area contributed by atoms with Crippen LogP contribution in [0.5, 0.6) is 0 Å². The second-order valence-corrected chi connectivity index (χ2v) is 6.72. The average Bonchev–Trinajstić information content (AvgIpc) is 2.82. The predicted molar refractivity (Wildman–Crippen MR) is 79.1 cm³/mol. The SMILES string of the molecule is CCOC(=O)c1ccc(N2CCC(C(=O)OC)S2(=O)=O)cc1. The third-order valence-electron chi connectivity index (χ3n) is 3.39. The molecule has 0 radical (unpaired) electrons. The van der Waals surface area contributed by atoms with Crippen LogP contribution in [0.1, 0.15) is 23.7 Å². The minimum atomic E-state index is -3.79. The Morgan fingerprint density at radius 3 is 2.45 bits per heavy atom. The highest BCUT2D eigenvalue weighted by Gasteiger charge is 2.44. The molecule has 1 heterocycles. The molecule has 0 saturated carbocycles. The van der Waals surface area contributed by atoms with Gasteiger partial charge in [0.2, 0.25) is 10.0 Å². The van der Waals surface area contributed by atoms with Crippen LogP contribution in [0.25, 0.3) is 0 Å². The zero-order chi connectivity index (χ0) is 16.3. The zero-order valence-corrected chi connectivity index (χ0v) is 13.1. The van der Waals surface area contributed by atoms with Gasteiger partial charge < -0.3 is 9.47 Å². The second-order valence-electron chi connectivity index (χ2n) is 4.68. The molecule has 1 aromatic carbocycles. The fourth-order valence-corrected chi connectivity index (χ4v) is 4.11. The zero-order valence-electron chi connectivity index (χ0n) is 12.3. The second kappa shape index (κ2) is 6.35. The van der Waals surface area contributed by atoms with Crippen molar-refractivity contribution in [3.63, 3.8) is 0 Å². The first-order valence-corrected chi connectivity index (χ1v) is 8.28. The van der Waals surface area contributed by atoms with E-state index in [1.54, 1.807) is 6.92 Å². The third-order valence-corrected chi connectivity index (χ3v) is 5.55. The molecule has 1 aliphatic heterocycles. The van der Waals surface area contributed by atoms with Crippen molar-refractivity contribution in [1.29, 1.82) is 0 Å². The molecule has 1 aliphatic rings. The monoisotopic (exact) mass is 327 g/mol. The molecule has 0 N–H and O–H groups in total. The van der Waals surface area contributed by atoms with Gasteiger partial charge in [0.15, 0.2) is 5.25 Å². The maximum absolute atomic E-state index is 12.3. The van der Waals surface area contributed by atoms with Gasteiger partial charge in [-0.3, -0.25) is 9.10 Å². The first kappa shape index (κ1) is 16.3. The van der Waals surface area contributed by atoms with Gasteiger partial charge in [-0.2, -0.15) is 0 Å². The molecule has 1 aromatic rings. The molecule has 0 bridgehead atoms. The minimum Gasteiger partial charge on any atom is -0.468 e. The Kier molecular flexibility index (Phi) is 4.70. The lowest BCUT2D eigenvalue weighted by molar-refractivity contribution is -0.140. The maximum Gasteiger partial charge on any atom is 0.338 e. The lowest BCUT2D eigenvalue weighted by Gasteiger charge is -2.18. The number of esters is 2. The number of carbonyl (C=O) groups excluding carboxylic acids is 2. The molecule has 1 atom stereocenters. The van der Waals surface area contributed by atoms with Crippen molar-refractivity contribution >= 4 is 27.6 Å². The quantitative estimate of drug-likeness (QED) is 0.765. The molecule has 120 valence electrons.